The number of benzene rings is 2. The second-order valence-corrected chi connectivity index (χ2v) is 6.75. The first-order valence-corrected chi connectivity index (χ1v) is 9.48. The maximum Gasteiger partial charge on any atom is 0.191 e. The van der Waals surface area contributed by atoms with Crippen molar-refractivity contribution in [2.45, 2.75) is 12.6 Å². The van der Waals surface area contributed by atoms with Gasteiger partial charge in [-0.15, -0.1) is 24.0 Å². The quantitative estimate of drug-likeness (QED) is 0.296. The van der Waals surface area contributed by atoms with E-state index in [4.69, 9.17) is 14.2 Å². The molecule has 0 aliphatic carbocycles. The Hall–Kier alpha value is -2.20. The molecule has 8 heteroatoms. The van der Waals surface area contributed by atoms with Crippen molar-refractivity contribution in [2.24, 2.45) is 4.99 Å². The van der Waals surface area contributed by atoms with Crippen LogP contribution >= 0.6 is 24.0 Å². The van der Waals surface area contributed by atoms with Crippen LogP contribution in [0.4, 0.5) is 0 Å². The van der Waals surface area contributed by atoms with Gasteiger partial charge in [0.25, 0.3) is 0 Å². The first kappa shape index (κ1) is 25.8. The van der Waals surface area contributed by atoms with Crippen molar-refractivity contribution in [1.82, 2.24) is 15.5 Å². The summed E-state index contributed by atoms with van der Waals surface area (Å²) in [6.07, 6.45) is 0. The zero-order valence-corrected chi connectivity index (χ0v) is 20.9. The molecule has 2 rings (SSSR count). The van der Waals surface area contributed by atoms with Gasteiger partial charge in [-0.05, 0) is 49.5 Å². The minimum absolute atomic E-state index is 0. The highest BCUT2D eigenvalue weighted by atomic mass is 127. The lowest BCUT2D eigenvalue weighted by atomic mass is 10.1. The van der Waals surface area contributed by atoms with Crippen molar-refractivity contribution in [1.29, 1.82) is 0 Å². The lowest BCUT2D eigenvalue weighted by Crippen LogP contribution is -2.41. The molecule has 0 amide bonds. The number of hydrogen-bond acceptors (Lipinski definition) is 5. The molecule has 0 fully saturated rings. The number of guanidine groups is 1. The summed E-state index contributed by atoms with van der Waals surface area (Å²) in [6, 6.07) is 14.1. The van der Waals surface area contributed by atoms with Crippen LogP contribution in [0.5, 0.6) is 17.2 Å². The van der Waals surface area contributed by atoms with E-state index in [1.54, 1.807) is 28.4 Å². The second-order valence-electron chi connectivity index (χ2n) is 6.75. The fraction of sp³-hybridized carbons (Fsp3) is 0.409. The zero-order valence-electron chi connectivity index (χ0n) is 18.6. The highest BCUT2D eigenvalue weighted by molar-refractivity contribution is 14.0. The number of rotatable bonds is 9. The first-order chi connectivity index (χ1) is 14.0. The molecular weight excluding hydrogens is 495 g/mol. The van der Waals surface area contributed by atoms with Crippen LogP contribution in [0, 0.1) is 0 Å². The predicted molar refractivity (Wildman–Crippen MR) is 133 cm³/mol. The molecule has 0 saturated carbocycles. The van der Waals surface area contributed by atoms with Gasteiger partial charge in [0.05, 0.1) is 27.4 Å². The summed E-state index contributed by atoms with van der Waals surface area (Å²) in [5, 5.41) is 6.75. The average molecular weight is 528 g/mol. The molecule has 0 aromatic heterocycles. The number of methoxy groups -OCH3 is 3. The summed E-state index contributed by atoms with van der Waals surface area (Å²) in [5.74, 6) is 3.02. The van der Waals surface area contributed by atoms with E-state index < -0.39 is 0 Å². The lowest BCUT2D eigenvalue weighted by molar-refractivity contribution is 0.295. The van der Waals surface area contributed by atoms with Gasteiger partial charge in [-0.2, -0.15) is 0 Å². The van der Waals surface area contributed by atoms with E-state index in [0.717, 1.165) is 34.3 Å². The molecule has 0 bridgehead atoms. The summed E-state index contributed by atoms with van der Waals surface area (Å²) in [4.78, 5) is 6.49. The topological polar surface area (TPSA) is 67.4 Å². The molecule has 0 aliphatic rings. The molecule has 2 N–H and O–H groups in total. The molecule has 0 saturated heterocycles. The van der Waals surface area contributed by atoms with Crippen molar-refractivity contribution in [2.75, 3.05) is 49.0 Å². The number of nitrogens with one attached hydrogen (secondary N) is 2. The van der Waals surface area contributed by atoms with Crippen LogP contribution in [0.3, 0.4) is 0 Å². The fourth-order valence-corrected chi connectivity index (χ4v) is 3.04. The largest absolute Gasteiger partial charge is 0.497 e. The predicted octanol–water partition coefficient (Wildman–Crippen LogP) is 3.30. The Morgan fingerprint density at radius 3 is 2.30 bits per heavy atom. The third kappa shape index (κ3) is 7.24. The standard InChI is InChI=1S/C22H32N4O3.HI/c1-23-22(24-14-16-8-7-9-18(12-16)27-4)25-15-19(26(2)3)17-10-11-20(28-5)21(13-17)29-6;/h7-13,19H,14-15H2,1-6H3,(H2,23,24,25);1H. The van der Waals surface area contributed by atoms with Crippen LogP contribution in [0.25, 0.3) is 0 Å². The lowest BCUT2D eigenvalue weighted by Gasteiger charge is -2.26. The van der Waals surface area contributed by atoms with Crippen LogP contribution in [0.15, 0.2) is 47.5 Å². The smallest absolute Gasteiger partial charge is 0.191 e. The number of ether oxygens (including phenoxy) is 3. The average Bonchev–Trinajstić information content (AvgIpc) is 2.75. The summed E-state index contributed by atoms with van der Waals surface area (Å²) >= 11 is 0. The third-order valence-electron chi connectivity index (χ3n) is 4.70. The van der Waals surface area contributed by atoms with Gasteiger partial charge >= 0.3 is 0 Å². The highest BCUT2D eigenvalue weighted by Gasteiger charge is 2.17. The zero-order chi connectivity index (χ0) is 21.2. The second kappa shape index (κ2) is 13.2. The van der Waals surface area contributed by atoms with Crippen molar-refractivity contribution in [3.05, 3.63) is 53.6 Å². The molecule has 0 spiro atoms. The Balaban J connectivity index is 0.00000450. The molecule has 166 valence electrons. The van der Waals surface area contributed by atoms with E-state index in [1.807, 2.05) is 30.3 Å². The van der Waals surface area contributed by atoms with Crippen LogP contribution < -0.4 is 24.8 Å². The number of halogens is 1. The molecule has 1 atom stereocenters. The number of hydrogen-bond donors (Lipinski definition) is 2. The highest BCUT2D eigenvalue weighted by Crippen LogP contribution is 2.31. The van der Waals surface area contributed by atoms with Crippen molar-refractivity contribution < 1.29 is 14.2 Å². The Labute approximate surface area is 196 Å². The van der Waals surface area contributed by atoms with Crippen LogP contribution in [-0.2, 0) is 6.54 Å². The maximum atomic E-state index is 5.45. The normalized spacial score (nSPS) is 12.0. The molecule has 30 heavy (non-hydrogen) atoms. The van der Waals surface area contributed by atoms with Gasteiger partial charge in [-0.1, -0.05) is 18.2 Å². The van der Waals surface area contributed by atoms with Gasteiger partial charge in [0.2, 0.25) is 0 Å². The van der Waals surface area contributed by atoms with E-state index in [2.05, 4.69) is 46.8 Å². The summed E-state index contributed by atoms with van der Waals surface area (Å²) in [6.45, 7) is 1.33. The third-order valence-corrected chi connectivity index (χ3v) is 4.70. The Bertz CT molecular complexity index is 815. The minimum atomic E-state index is 0. The van der Waals surface area contributed by atoms with Crippen molar-refractivity contribution in [3.8, 4) is 17.2 Å². The van der Waals surface area contributed by atoms with E-state index in [1.165, 1.54) is 0 Å². The van der Waals surface area contributed by atoms with E-state index in [-0.39, 0.29) is 30.0 Å². The monoisotopic (exact) mass is 528 g/mol. The minimum Gasteiger partial charge on any atom is -0.497 e. The molecule has 0 heterocycles. The van der Waals surface area contributed by atoms with Crippen molar-refractivity contribution >= 4 is 29.9 Å². The van der Waals surface area contributed by atoms with Gasteiger partial charge in [0.1, 0.15) is 5.75 Å². The molecule has 0 radical (unpaired) electrons. The molecule has 7 nitrogen and oxygen atoms in total. The van der Waals surface area contributed by atoms with Crippen molar-refractivity contribution in [3.63, 3.8) is 0 Å². The molecular formula is C22H33IN4O3. The van der Waals surface area contributed by atoms with Crippen LogP contribution in [-0.4, -0.2) is 59.9 Å². The number of nitrogens with zero attached hydrogens (tertiary/aromatic N) is 2. The summed E-state index contributed by atoms with van der Waals surface area (Å²) in [7, 11) is 10.8. The SMILES string of the molecule is CN=C(NCc1cccc(OC)c1)NCC(c1ccc(OC)c(OC)c1)N(C)C.I. The van der Waals surface area contributed by atoms with Gasteiger partial charge in [0, 0.05) is 20.1 Å². The maximum absolute atomic E-state index is 5.45. The van der Waals surface area contributed by atoms with E-state index >= 15 is 0 Å². The van der Waals surface area contributed by atoms with Gasteiger partial charge in [0.15, 0.2) is 17.5 Å². The first-order valence-electron chi connectivity index (χ1n) is 9.48. The fourth-order valence-electron chi connectivity index (χ4n) is 3.04. The van der Waals surface area contributed by atoms with Gasteiger partial charge in [-0.3, -0.25) is 4.99 Å². The molecule has 1 unspecified atom stereocenters. The van der Waals surface area contributed by atoms with Gasteiger partial charge < -0.3 is 29.7 Å². The van der Waals surface area contributed by atoms with E-state index in [0.29, 0.717) is 13.1 Å². The summed E-state index contributed by atoms with van der Waals surface area (Å²) in [5.41, 5.74) is 2.25. The molecule has 0 aliphatic heterocycles. The van der Waals surface area contributed by atoms with E-state index in [9.17, 15) is 0 Å². The number of likely N-dealkylation sites (N-methyl/N-ethyl adjacent to an activating group) is 1. The summed E-state index contributed by atoms with van der Waals surface area (Å²) < 4.78 is 16.1. The number of aliphatic imine (C=N–C) groups is 1. The van der Waals surface area contributed by atoms with Gasteiger partial charge in [-0.25, -0.2) is 0 Å². The Morgan fingerprint density at radius 2 is 1.70 bits per heavy atom. The molecule has 2 aromatic carbocycles. The molecule has 2 aromatic rings. The Morgan fingerprint density at radius 1 is 0.967 bits per heavy atom. The Kier molecular flexibility index (Phi) is 11.3. The van der Waals surface area contributed by atoms with Crippen LogP contribution in [0.2, 0.25) is 0 Å². The van der Waals surface area contributed by atoms with Crippen LogP contribution in [0.1, 0.15) is 17.2 Å².